The second-order valence-corrected chi connectivity index (χ2v) is 11.5. The highest BCUT2D eigenvalue weighted by Crippen LogP contribution is 2.38. The van der Waals surface area contributed by atoms with Crippen LogP contribution in [0.2, 0.25) is 18.1 Å². The summed E-state index contributed by atoms with van der Waals surface area (Å²) < 4.78 is 11.3. The molecule has 0 aliphatic carbocycles. The Labute approximate surface area is 120 Å². The summed E-state index contributed by atoms with van der Waals surface area (Å²) in [5.74, 6) is 0. The van der Waals surface area contributed by atoms with Crippen molar-refractivity contribution in [2.75, 3.05) is 13.2 Å². The molecule has 0 radical (unpaired) electrons. The molecule has 8 heteroatoms. The van der Waals surface area contributed by atoms with E-state index >= 15 is 0 Å². The Morgan fingerprint density at radius 2 is 1.90 bits per heavy atom. The van der Waals surface area contributed by atoms with E-state index in [0.29, 0.717) is 0 Å². The molecular formula is C12H25N3O4Si. The molecule has 0 aromatic rings. The van der Waals surface area contributed by atoms with Gasteiger partial charge in [-0.3, -0.25) is 0 Å². The highest BCUT2D eigenvalue weighted by molar-refractivity contribution is 6.74. The predicted molar refractivity (Wildman–Crippen MR) is 77.8 cm³/mol. The van der Waals surface area contributed by atoms with Crippen molar-refractivity contribution in [3.05, 3.63) is 10.4 Å². The number of nitrogens with zero attached hydrogens (tertiary/aromatic N) is 3. The summed E-state index contributed by atoms with van der Waals surface area (Å²) in [7, 11) is -2.16. The van der Waals surface area contributed by atoms with Crippen LogP contribution in [0.25, 0.3) is 10.4 Å². The summed E-state index contributed by atoms with van der Waals surface area (Å²) in [4.78, 5) is 2.72. The number of aliphatic hydroxyl groups excluding tert-OH is 2. The van der Waals surface area contributed by atoms with Gasteiger partial charge in [0.05, 0.1) is 31.5 Å². The normalized spacial score (nSPS) is 32.4. The Bertz CT molecular complexity index is 379. The van der Waals surface area contributed by atoms with E-state index in [-0.39, 0.29) is 18.3 Å². The van der Waals surface area contributed by atoms with Gasteiger partial charge < -0.3 is 19.4 Å². The molecule has 7 nitrogen and oxygen atoms in total. The van der Waals surface area contributed by atoms with Gasteiger partial charge in [0.1, 0.15) is 6.10 Å². The van der Waals surface area contributed by atoms with Gasteiger partial charge in [0, 0.05) is 4.91 Å². The topological polar surface area (TPSA) is 108 Å². The lowest BCUT2D eigenvalue weighted by Crippen LogP contribution is -2.53. The van der Waals surface area contributed by atoms with Crippen LogP contribution < -0.4 is 0 Å². The van der Waals surface area contributed by atoms with Gasteiger partial charge in [0.15, 0.2) is 8.32 Å². The van der Waals surface area contributed by atoms with Crippen molar-refractivity contribution in [3.63, 3.8) is 0 Å². The van der Waals surface area contributed by atoms with E-state index in [1.54, 1.807) is 0 Å². The molecule has 0 aromatic carbocycles. The fourth-order valence-electron chi connectivity index (χ4n) is 1.78. The van der Waals surface area contributed by atoms with Crippen molar-refractivity contribution in [2.45, 2.75) is 63.3 Å². The molecule has 1 aliphatic heterocycles. The van der Waals surface area contributed by atoms with Crippen LogP contribution in [0, 0.1) is 0 Å². The SMILES string of the molecule is CC(C)(C)[Si](C)(C)O[C@H]1[C@H](O)[C@H](N=[N+]=[N-])COC[C@H]1O. The van der Waals surface area contributed by atoms with E-state index < -0.39 is 32.7 Å². The van der Waals surface area contributed by atoms with Gasteiger partial charge in [0.2, 0.25) is 0 Å². The molecule has 116 valence electrons. The zero-order chi connectivity index (χ0) is 15.6. The maximum Gasteiger partial charge on any atom is 0.192 e. The van der Waals surface area contributed by atoms with E-state index in [1.165, 1.54) is 0 Å². The number of azide groups is 1. The van der Waals surface area contributed by atoms with Gasteiger partial charge in [-0.25, -0.2) is 0 Å². The maximum atomic E-state index is 10.3. The van der Waals surface area contributed by atoms with Gasteiger partial charge in [-0.2, -0.15) is 0 Å². The predicted octanol–water partition coefficient (Wildman–Crippen LogP) is 1.81. The summed E-state index contributed by atoms with van der Waals surface area (Å²) in [6.07, 6.45) is -2.80. The molecule has 0 aromatic heterocycles. The van der Waals surface area contributed by atoms with Gasteiger partial charge >= 0.3 is 0 Å². The van der Waals surface area contributed by atoms with Gasteiger partial charge in [0.25, 0.3) is 0 Å². The van der Waals surface area contributed by atoms with Crippen molar-refractivity contribution in [2.24, 2.45) is 5.11 Å². The summed E-state index contributed by atoms with van der Waals surface area (Å²) in [5, 5.41) is 23.9. The second kappa shape index (κ2) is 6.42. The van der Waals surface area contributed by atoms with Crippen LogP contribution in [0.1, 0.15) is 20.8 Å². The Hall–Kier alpha value is -0.633. The number of hydrogen-bond acceptors (Lipinski definition) is 5. The van der Waals surface area contributed by atoms with E-state index in [4.69, 9.17) is 14.7 Å². The van der Waals surface area contributed by atoms with E-state index in [1.807, 2.05) is 13.1 Å². The summed E-state index contributed by atoms with van der Waals surface area (Å²) in [6, 6.07) is -0.744. The number of ether oxygens (including phenoxy) is 1. The largest absolute Gasteiger partial charge is 0.409 e. The molecule has 1 aliphatic rings. The first kappa shape index (κ1) is 17.4. The minimum Gasteiger partial charge on any atom is -0.409 e. The number of hydrogen-bond donors (Lipinski definition) is 2. The van der Waals surface area contributed by atoms with Crippen molar-refractivity contribution in [1.82, 2.24) is 0 Å². The molecule has 0 unspecified atom stereocenters. The van der Waals surface area contributed by atoms with Gasteiger partial charge in [-0.15, -0.1) is 0 Å². The molecule has 1 rings (SSSR count). The fraction of sp³-hybridized carbons (Fsp3) is 1.00. The van der Waals surface area contributed by atoms with Crippen molar-refractivity contribution in [3.8, 4) is 0 Å². The Morgan fingerprint density at radius 3 is 2.40 bits per heavy atom. The van der Waals surface area contributed by atoms with Gasteiger partial charge in [-0.05, 0) is 23.7 Å². The average molecular weight is 303 g/mol. The highest BCUT2D eigenvalue weighted by atomic mass is 28.4. The molecule has 0 amide bonds. The highest BCUT2D eigenvalue weighted by Gasteiger charge is 2.45. The third-order valence-corrected chi connectivity index (χ3v) is 8.60. The first-order chi connectivity index (χ1) is 9.10. The van der Waals surface area contributed by atoms with E-state index in [0.717, 1.165) is 0 Å². The van der Waals surface area contributed by atoms with Crippen molar-refractivity contribution < 1.29 is 19.4 Å². The first-order valence-electron chi connectivity index (χ1n) is 6.76. The standard InChI is InChI=1S/C12H25N3O4Si/c1-12(2,3)20(4,5)19-11-9(16)7-18-6-8(10(11)17)14-15-13/h8-11,16-17H,6-7H2,1-5H3/t8-,9-,10-,11-/m1/s1. The van der Waals surface area contributed by atoms with Crippen LogP contribution in [-0.4, -0.2) is 56.1 Å². The summed E-state index contributed by atoms with van der Waals surface area (Å²) in [5.41, 5.74) is 8.54. The van der Waals surface area contributed by atoms with Gasteiger partial charge in [-0.1, -0.05) is 25.9 Å². The third-order valence-electron chi connectivity index (χ3n) is 4.12. The fourth-order valence-corrected chi connectivity index (χ4v) is 3.11. The lowest BCUT2D eigenvalue weighted by Gasteiger charge is -2.41. The molecule has 0 saturated carbocycles. The van der Waals surface area contributed by atoms with E-state index in [2.05, 4.69) is 30.8 Å². The molecular weight excluding hydrogens is 278 g/mol. The molecule has 0 bridgehead atoms. The van der Waals surface area contributed by atoms with Crippen molar-refractivity contribution >= 4 is 8.32 Å². The minimum absolute atomic E-state index is 0.0480. The molecule has 0 spiro atoms. The molecule has 1 fully saturated rings. The maximum absolute atomic E-state index is 10.3. The molecule has 1 saturated heterocycles. The van der Waals surface area contributed by atoms with Crippen LogP contribution in [0.15, 0.2) is 5.11 Å². The van der Waals surface area contributed by atoms with Crippen LogP contribution in [0.4, 0.5) is 0 Å². The lowest BCUT2D eigenvalue weighted by molar-refractivity contribution is -0.0561. The monoisotopic (exact) mass is 303 g/mol. The quantitative estimate of drug-likeness (QED) is 0.359. The summed E-state index contributed by atoms with van der Waals surface area (Å²) >= 11 is 0. The second-order valence-electron chi connectivity index (χ2n) is 6.71. The van der Waals surface area contributed by atoms with Crippen LogP contribution in [0.5, 0.6) is 0 Å². The first-order valence-corrected chi connectivity index (χ1v) is 9.67. The van der Waals surface area contributed by atoms with E-state index in [9.17, 15) is 10.2 Å². The molecule has 20 heavy (non-hydrogen) atoms. The Morgan fingerprint density at radius 1 is 1.30 bits per heavy atom. The third kappa shape index (κ3) is 3.94. The Balaban J connectivity index is 2.96. The minimum atomic E-state index is -2.16. The number of aliphatic hydroxyl groups is 2. The molecule has 4 atom stereocenters. The average Bonchev–Trinajstić information content (AvgIpc) is 2.42. The lowest BCUT2D eigenvalue weighted by atomic mass is 10.0. The molecule has 1 heterocycles. The zero-order valence-electron chi connectivity index (χ0n) is 12.8. The smallest absolute Gasteiger partial charge is 0.192 e. The van der Waals surface area contributed by atoms with Crippen LogP contribution >= 0.6 is 0 Å². The summed E-state index contributed by atoms with van der Waals surface area (Å²) in [6.45, 7) is 10.5. The van der Waals surface area contributed by atoms with Crippen LogP contribution in [0.3, 0.4) is 0 Å². The van der Waals surface area contributed by atoms with Crippen molar-refractivity contribution in [1.29, 1.82) is 0 Å². The number of rotatable bonds is 3. The Kier molecular flexibility index (Phi) is 5.59. The molecule has 2 N–H and O–H groups in total. The zero-order valence-corrected chi connectivity index (χ0v) is 13.8. The van der Waals surface area contributed by atoms with Crippen LogP contribution in [-0.2, 0) is 9.16 Å².